The molecule has 0 aliphatic carbocycles. The molecule has 0 radical (unpaired) electrons. The molecule has 19 heteroatoms. The van der Waals surface area contributed by atoms with Crippen molar-refractivity contribution in [1.29, 1.82) is 0 Å². The van der Waals surface area contributed by atoms with Crippen LogP contribution in [0.4, 0.5) is 0 Å². The highest BCUT2D eigenvalue weighted by molar-refractivity contribution is 7.67. The number of unbranched alkanes of at least 4 members (excludes halogenated alkanes) is 1. The van der Waals surface area contributed by atoms with E-state index in [1.165, 1.54) is 26.2 Å². The molecule has 3 amide bonds. The molecule has 60 heavy (non-hydrogen) atoms. The Balaban J connectivity index is -0.000000157. The summed E-state index contributed by atoms with van der Waals surface area (Å²) in [5, 5.41) is 10.4. The Labute approximate surface area is 363 Å². The summed E-state index contributed by atoms with van der Waals surface area (Å²) in [5.74, 6) is -0.748. The zero-order valence-electron chi connectivity index (χ0n) is 39.2. The van der Waals surface area contributed by atoms with Gasteiger partial charge >= 0.3 is 19.5 Å². The molecule has 0 saturated carbocycles. The number of nitrogens with one attached hydrogen (secondary N) is 4. The largest absolute Gasteiger partial charge is 0.469 e. The van der Waals surface area contributed by atoms with Crippen molar-refractivity contribution < 1.29 is 57.6 Å². The molecule has 17 nitrogen and oxygen atoms in total. The summed E-state index contributed by atoms with van der Waals surface area (Å²) in [6, 6.07) is 9.96. The molecule has 0 spiro atoms. The van der Waals surface area contributed by atoms with E-state index in [0.717, 1.165) is 12.8 Å². The van der Waals surface area contributed by atoms with E-state index in [1.807, 2.05) is 65.1 Å². The molecular weight excluding hydrogens is 816 g/mol. The lowest BCUT2D eigenvalue weighted by Crippen LogP contribution is -2.50. The first-order chi connectivity index (χ1) is 28.2. The van der Waals surface area contributed by atoms with E-state index in [4.69, 9.17) is 19.6 Å². The smallest absolute Gasteiger partial charge is 0.356 e. The number of hydrogen-bond donors (Lipinski definition) is 8. The predicted molar refractivity (Wildman–Crippen MR) is 245 cm³/mol. The summed E-state index contributed by atoms with van der Waals surface area (Å²) in [6.45, 7) is 27.3. The van der Waals surface area contributed by atoms with Crippen LogP contribution in [0.1, 0.15) is 134 Å². The number of rotatable bonds is 14. The van der Waals surface area contributed by atoms with Gasteiger partial charge in [0.25, 0.3) is 0 Å². The van der Waals surface area contributed by atoms with Crippen LogP contribution in [0.3, 0.4) is 0 Å². The molecule has 2 rings (SSSR count). The molecule has 1 aromatic rings. The van der Waals surface area contributed by atoms with E-state index >= 15 is 0 Å². The van der Waals surface area contributed by atoms with Crippen molar-refractivity contribution in [3.05, 3.63) is 35.9 Å². The summed E-state index contributed by atoms with van der Waals surface area (Å²) in [4.78, 5) is 93.3. The second-order valence-corrected chi connectivity index (χ2v) is 15.7. The zero-order valence-corrected chi connectivity index (χ0v) is 41.0. The molecule has 3 atom stereocenters. The Morgan fingerprint density at radius 1 is 0.867 bits per heavy atom. The van der Waals surface area contributed by atoms with E-state index in [-0.39, 0.29) is 42.8 Å². The molecule has 354 valence electrons. The minimum absolute atomic E-state index is 0.00723. The summed E-state index contributed by atoms with van der Waals surface area (Å²) < 4.78 is 19.3. The molecule has 0 aromatic heterocycles. The molecule has 1 heterocycles. The maximum atomic E-state index is 11.7. The third kappa shape index (κ3) is 50.8. The lowest BCUT2D eigenvalue weighted by Gasteiger charge is -2.20. The van der Waals surface area contributed by atoms with Crippen molar-refractivity contribution in [3.63, 3.8) is 0 Å². The maximum Gasteiger partial charge on any atom is 0.356 e. The van der Waals surface area contributed by atoms with Gasteiger partial charge < -0.3 is 45.0 Å². The number of carbonyl (C=O) groups excluding carboxylic acids is 5. The zero-order chi connectivity index (χ0) is 48.1. The number of carbonyl (C=O) groups is 5. The fraction of sp³-hybridized carbons (Fsp3) is 0.707. The highest BCUT2D eigenvalue weighted by Gasteiger charge is 2.36. The molecule has 1 aliphatic heterocycles. The van der Waals surface area contributed by atoms with Crippen molar-refractivity contribution in [2.75, 3.05) is 33.9 Å². The number of ether oxygens (including phenoxy) is 2. The van der Waals surface area contributed by atoms with Gasteiger partial charge in [-0.3, -0.25) is 38.8 Å². The van der Waals surface area contributed by atoms with Crippen molar-refractivity contribution >= 4 is 51.8 Å². The van der Waals surface area contributed by atoms with Crippen LogP contribution in [0.5, 0.6) is 0 Å². The van der Waals surface area contributed by atoms with E-state index in [0.29, 0.717) is 38.3 Å². The van der Waals surface area contributed by atoms with E-state index < -0.39 is 33.4 Å². The molecular formula is C41H83N5O12P2. The summed E-state index contributed by atoms with van der Waals surface area (Å²) in [7, 11) is -4.85. The van der Waals surface area contributed by atoms with Crippen LogP contribution in [0, 0.1) is 12.8 Å². The first kappa shape index (κ1) is 68.4. The normalized spacial score (nSPS) is 12.9. The molecule has 0 saturated heterocycles. The van der Waals surface area contributed by atoms with Gasteiger partial charge in [-0.25, -0.2) is 0 Å². The van der Waals surface area contributed by atoms with Gasteiger partial charge in [-0.05, 0) is 32.6 Å². The van der Waals surface area contributed by atoms with Crippen LogP contribution in [-0.4, -0.2) is 107 Å². The van der Waals surface area contributed by atoms with Gasteiger partial charge in [0.15, 0.2) is 0 Å². The standard InChI is InChI=1S/C13H24N4O2.C7H8.C6H15NO6P2.2C4H8O2.C3H8.2C2H6/c1-9(2)6-10(3)17-12(18)8-16-13(19)11-7-14-4-5-15-11;1-7-5-3-2-4-6-7;1-2-3-4-5(8)7-6(14(9)10)15(11,12)13;2*1-3-4(5)6-2;1-3-2;2*1-2/h7,9-11,15H,4-6,8H2,1-3H3,(H,16,19)(H,17,18);2-6H,1H3;6,9-10H,2-4H2,1H3,(H,7,8)(H2,11,12,13);2*3H2,1-2H3;3H2,1-2H3;2*1-2H3. The number of methoxy groups -OCH3 is 2. The molecule has 8 N–H and O–H groups in total. The Morgan fingerprint density at radius 2 is 1.35 bits per heavy atom. The van der Waals surface area contributed by atoms with Crippen molar-refractivity contribution in [2.24, 2.45) is 10.9 Å². The van der Waals surface area contributed by atoms with Gasteiger partial charge in [-0.1, -0.05) is 125 Å². The Hall–Kier alpha value is -3.30. The number of aliphatic imine (C=N–C) groups is 1. The van der Waals surface area contributed by atoms with Crippen LogP contribution in [0.2, 0.25) is 0 Å². The fourth-order valence-electron chi connectivity index (χ4n) is 3.70. The SMILES string of the molecule is CC.CC.CC(C)CC(C)NC(=O)CNC(=O)C1C=NCCN1.CCC.CCC(=O)OC.CCC(=O)OC.CCCCC(=O)NC(P(O)O)P(=O)(O)O.Cc1ccccc1. The number of nitrogens with zero attached hydrogens (tertiary/aromatic N) is 1. The summed E-state index contributed by atoms with van der Waals surface area (Å²) >= 11 is 0. The lowest BCUT2D eigenvalue weighted by molar-refractivity contribution is -0.141. The molecule has 1 aliphatic rings. The number of benzene rings is 1. The molecule has 1 aromatic carbocycles. The van der Waals surface area contributed by atoms with Crippen LogP contribution >= 0.6 is 16.0 Å². The van der Waals surface area contributed by atoms with E-state index in [9.17, 15) is 28.5 Å². The van der Waals surface area contributed by atoms with Crippen LogP contribution in [0.15, 0.2) is 35.3 Å². The van der Waals surface area contributed by atoms with Gasteiger partial charge in [0, 0.05) is 38.1 Å². The lowest BCUT2D eigenvalue weighted by atomic mass is 10.1. The van der Waals surface area contributed by atoms with Gasteiger partial charge in [-0.2, -0.15) is 0 Å². The first-order valence-electron chi connectivity index (χ1n) is 20.7. The Morgan fingerprint density at radius 3 is 1.65 bits per heavy atom. The van der Waals surface area contributed by atoms with Crippen LogP contribution in [0.25, 0.3) is 0 Å². The van der Waals surface area contributed by atoms with Crippen molar-refractivity contribution in [3.8, 4) is 0 Å². The van der Waals surface area contributed by atoms with Gasteiger partial charge in [0.2, 0.25) is 31.6 Å². The minimum atomic E-state index is -4.72. The van der Waals surface area contributed by atoms with Gasteiger partial charge in [0.1, 0.15) is 6.04 Å². The molecule has 0 fully saturated rings. The maximum absolute atomic E-state index is 11.7. The molecule has 0 bridgehead atoms. The third-order valence-electron chi connectivity index (χ3n) is 6.36. The van der Waals surface area contributed by atoms with Crippen molar-refractivity contribution in [2.45, 2.75) is 153 Å². The fourth-order valence-corrected chi connectivity index (χ4v) is 5.35. The van der Waals surface area contributed by atoms with E-state index in [2.05, 4.69) is 77.2 Å². The highest BCUT2D eigenvalue weighted by Crippen LogP contribution is 2.53. The average Bonchev–Trinajstić information content (AvgIpc) is 3.23. The highest BCUT2D eigenvalue weighted by atomic mass is 31.2. The predicted octanol–water partition coefficient (Wildman–Crippen LogP) is 6.35. The number of amides is 3. The van der Waals surface area contributed by atoms with Crippen molar-refractivity contribution in [1.82, 2.24) is 21.3 Å². The second-order valence-electron chi connectivity index (χ2n) is 12.5. The second kappa shape index (κ2) is 48.4. The first-order valence-corrected chi connectivity index (χ1v) is 23.7. The topological polar surface area (TPSA) is 262 Å². The van der Waals surface area contributed by atoms with Crippen LogP contribution < -0.4 is 21.3 Å². The number of hydrogen-bond acceptors (Lipinski definition) is 12. The third-order valence-corrected chi connectivity index (χ3v) is 9.21. The monoisotopic (exact) mass is 900 g/mol. The quantitative estimate of drug-likeness (QED) is 0.0749. The summed E-state index contributed by atoms with van der Waals surface area (Å²) in [5.41, 5.74) is -0.570. The number of aryl methyl sites for hydroxylation is 1. The van der Waals surface area contributed by atoms with Gasteiger partial charge in [-0.15, -0.1) is 0 Å². The minimum Gasteiger partial charge on any atom is -0.469 e. The number of esters is 2. The van der Waals surface area contributed by atoms with Crippen LogP contribution in [-0.2, 0) is 38.0 Å². The Bertz CT molecular complexity index is 1230. The average molecular weight is 900 g/mol. The summed E-state index contributed by atoms with van der Waals surface area (Å²) in [6.07, 6.45) is 6.15. The van der Waals surface area contributed by atoms with E-state index in [1.54, 1.807) is 20.1 Å². The van der Waals surface area contributed by atoms with Gasteiger partial charge in [0.05, 0.1) is 27.3 Å². The molecule has 3 unspecified atom stereocenters. The Kier molecular flexibility index (Phi) is 55.2.